The molecule has 1 aromatic carbocycles. The first kappa shape index (κ1) is 20.0. The van der Waals surface area contributed by atoms with E-state index in [1.165, 1.54) is 12.1 Å². The van der Waals surface area contributed by atoms with Crippen LogP contribution in [0.5, 0.6) is 0 Å². The van der Waals surface area contributed by atoms with Crippen LogP contribution >= 0.6 is 0 Å². The van der Waals surface area contributed by atoms with Crippen LogP contribution in [0.3, 0.4) is 0 Å². The fourth-order valence-corrected chi connectivity index (χ4v) is 3.63. The third-order valence-corrected chi connectivity index (χ3v) is 9.74. The summed E-state index contributed by atoms with van der Waals surface area (Å²) >= 11 is 0. The van der Waals surface area contributed by atoms with Gasteiger partial charge in [-0.25, -0.2) is 0 Å². The van der Waals surface area contributed by atoms with E-state index in [-0.39, 0.29) is 17.0 Å². The second-order valence-corrected chi connectivity index (χ2v) is 12.9. The number of amides is 1. The van der Waals surface area contributed by atoms with Crippen molar-refractivity contribution in [2.45, 2.75) is 64.0 Å². The molecule has 1 amide bonds. The van der Waals surface area contributed by atoms with Gasteiger partial charge in [0.25, 0.3) is 0 Å². The van der Waals surface area contributed by atoms with Crippen molar-refractivity contribution in [3.8, 4) is 0 Å². The highest BCUT2D eigenvalue weighted by Crippen LogP contribution is 2.38. The lowest BCUT2D eigenvalue weighted by atomic mass is 10.1. The third-order valence-electron chi connectivity index (χ3n) is 5.24. The smallest absolute Gasteiger partial charge is 0.415 e. The van der Waals surface area contributed by atoms with Crippen molar-refractivity contribution in [3.63, 3.8) is 0 Å². The van der Waals surface area contributed by atoms with Crippen LogP contribution in [-0.4, -0.2) is 26.9 Å². The number of carbonyl (C=O) groups excluding carboxylic acids is 1. The van der Waals surface area contributed by atoms with Crippen LogP contribution in [0.1, 0.15) is 39.2 Å². The van der Waals surface area contributed by atoms with Gasteiger partial charge < -0.3 is 9.33 Å². The summed E-state index contributed by atoms with van der Waals surface area (Å²) in [6.07, 6.45) is -3.32. The fraction of sp³-hybridized carbons (Fsp3) is 0.611. The van der Waals surface area contributed by atoms with Gasteiger partial charge in [0.15, 0.2) is 8.32 Å². The number of halogens is 3. The maximum atomic E-state index is 12.7. The minimum absolute atomic E-state index is 0.0643. The largest absolute Gasteiger partial charge is 0.416 e. The van der Waals surface area contributed by atoms with Crippen LogP contribution in [0.4, 0.5) is 18.9 Å². The maximum absolute atomic E-state index is 12.7. The Labute approximate surface area is 148 Å². The molecule has 0 unspecified atom stereocenters. The minimum atomic E-state index is -4.38. The second kappa shape index (κ2) is 6.76. The minimum Gasteiger partial charge on any atom is -0.415 e. The Balaban J connectivity index is 2.14. The Kier molecular flexibility index (Phi) is 5.40. The zero-order chi connectivity index (χ0) is 19.0. The lowest BCUT2D eigenvalue weighted by molar-refractivity contribution is -0.137. The molecule has 0 aliphatic carbocycles. The van der Waals surface area contributed by atoms with Crippen molar-refractivity contribution < 1.29 is 22.4 Å². The highest BCUT2D eigenvalue weighted by molar-refractivity contribution is 6.74. The van der Waals surface area contributed by atoms with Crippen LogP contribution in [0.2, 0.25) is 18.1 Å². The standard InChI is InChI=1S/C18H26F3NO2Si/c1-17(2,3)25(4,5)24-12-15-10-11-16(23)22(15)14-8-6-13(7-9-14)18(19,20)21/h6-9,15H,10-12H2,1-5H3/t15-/m0/s1. The molecular formula is C18H26F3NO2Si. The first-order valence-electron chi connectivity index (χ1n) is 8.46. The van der Waals surface area contributed by atoms with E-state index in [2.05, 4.69) is 33.9 Å². The number of rotatable bonds is 4. The summed E-state index contributed by atoms with van der Waals surface area (Å²) in [4.78, 5) is 13.8. The van der Waals surface area contributed by atoms with Gasteiger partial charge in [-0.2, -0.15) is 13.2 Å². The lowest BCUT2D eigenvalue weighted by Crippen LogP contribution is -2.45. The van der Waals surface area contributed by atoms with Gasteiger partial charge in [0.05, 0.1) is 18.2 Å². The van der Waals surface area contributed by atoms with Crippen LogP contribution in [-0.2, 0) is 15.4 Å². The van der Waals surface area contributed by atoms with Gasteiger partial charge in [-0.3, -0.25) is 4.79 Å². The number of alkyl halides is 3. The fourth-order valence-electron chi connectivity index (χ4n) is 2.59. The highest BCUT2D eigenvalue weighted by Gasteiger charge is 2.40. The monoisotopic (exact) mass is 373 g/mol. The predicted octanol–water partition coefficient (Wildman–Crippen LogP) is 5.22. The molecule has 1 fully saturated rings. The Bertz CT molecular complexity index is 621. The van der Waals surface area contributed by atoms with Crippen molar-refractivity contribution in [1.29, 1.82) is 0 Å². The van der Waals surface area contributed by atoms with Gasteiger partial charge in [0, 0.05) is 12.1 Å². The average Bonchev–Trinajstić information content (AvgIpc) is 2.84. The first-order chi connectivity index (χ1) is 11.3. The van der Waals surface area contributed by atoms with Crippen molar-refractivity contribution >= 4 is 19.9 Å². The van der Waals surface area contributed by atoms with E-state index in [1.54, 1.807) is 4.90 Å². The molecule has 25 heavy (non-hydrogen) atoms. The summed E-state index contributed by atoms with van der Waals surface area (Å²) in [6.45, 7) is 11.1. The SMILES string of the molecule is CC(C)(C)[Si](C)(C)OC[C@@H]1CCC(=O)N1c1ccc(C(F)(F)F)cc1. The van der Waals surface area contributed by atoms with Gasteiger partial charge in [-0.05, 0) is 48.8 Å². The lowest BCUT2D eigenvalue weighted by Gasteiger charge is -2.38. The Morgan fingerprint density at radius 3 is 2.20 bits per heavy atom. The Morgan fingerprint density at radius 1 is 1.16 bits per heavy atom. The summed E-state index contributed by atoms with van der Waals surface area (Å²) in [5, 5.41) is 0.0643. The van der Waals surface area contributed by atoms with E-state index in [4.69, 9.17) is 4.43 Å². The Morgan fingerprint density at radius 2 is 1.72 bits per heavy atom. The summed E-state index contributed by atoms with van der Waals surface area (Å²) in [5.41, 5.74) is -0.212. The van der Waals surface area contributed by atoms with Crippen molar-refractivity contribution in [1.82, 2.24) is 0 Å². The van der Waals surface area contributed by atoms with Gasteiger partial charge >= 0.3 is 6.18 Å². The van der Waals surface area contributed by atoms with Gasteiger partial charge in [0.1, 0.15) is 0 Å². The number of anilines is 1. The normalized spacial score (nSPS) is 19.6. The molecule has 1 aliphatic heterocycles. The summed E-state index contributed by atoms with van der Waals surface area (Å²) in [5.74, 6) is -0.0661. The van der Waals surface area contributed by atoms with Crippen molar-refractivity contribution in [2.75, 3.05) is 11.5 Å². The third kappa shape index (κ3) is 4.44. The zero-order valence-corrected chi connectivity index (χ0v) is 16.4. The van der Waals surface area contributed by atoms with E-state index < -0.39 is 20.1 Å². The number of nitrogens with zero attached hydrogens (tertiary/aromatic N) is 1. The molecule has 1 saturated heterocycles. The van der Waals surface area contributed by atoms with E-state index in [9.17, 15) is 18.0 Å². The van der Waals surface area contributed by atoms with E-state index in [1.807, 2.05) is 0 Å². The van der Waals surface area contributed by atoms with Crippen LogP contribution in [0, 0.1) is 0 Å². The Hall–Kier alpha value is -1.34. The topological polar surface area (TPSA) is 29.5 Å². The molecule has 0 bridgehead atoms. The number of hydrogen-bond donors (Lipinski definition) is 0. The van der Waals surface area contributed by atoms with E-state index >= 15 is 0 Å². The molecule has 3 nitrogen and oxygen atoms in total. The highest BCUT2D eigenvalue weighted by atomic mass is 28.4. The predicted molar refractivity (Wildman–Crippen MR) is 95.1 cm³/mol. The molecule has 1 aliphatic rings. The molecular weight excluding hydrogens is 347 g/mol. The van der Waals surface area contributed by atoms with Crippen molar-refractivity contribution in [3.05, 3.63) is 29.8 Å². The van der Waals surface area contributed by atoms with Crippen LogP contribution in [0.15, 0.2) is 24.3 Å². The number of hydrogen-bond acceptors (Lipinski definition) is 2. The summed E-state index contributed by atoms with van der Waals surface area (Å²) < 4.78 is 44.4. The first-order valence-corrected chi connectivity index (χ1v) is 11.4. The molecule has 1 aromatic rings. The van der Waals surface area contributed by atoms with E-state index in [0.29, 0.717) is 25.1 Å². The molecule has 0 aromatic heterocycles. The maximum Gasteiger partial charge on any atom is 0.416 e. The quantitative estimate of drug-likeness (QED) is 0.677. The molecule has 0 spiro atoms. The number of benzene rings is 1. The van der Waals surface area contributed by atoms with Gasteiger partial charge in [-0.1, -0.05) is 20.8 Å². The van der Waals surface area contributed by atoms with Gasteiger partial charge in [0.2, 0.25) is 5.91 Å². The van der Waals surface area contributed by atoms with E-state index in [0.717, 1.165) is 12.1 Å². The number of carbonyl (C=O) groups is 1. The molecule has 0 N–H and O–H groups in total. The van der Waals surface area contributed by atoms with Crippen LogP contribution in [0.25, 0.3) is 0 Å². The molecule has 0 saturated carbocycles. The van der Waals surface area contributed by atoms with Gasteiger partial charge in [-0.15, -0.1) is 0 Å². The second-order valence-electron chi connectivity index (χ2n) is 8.07. The summed E-state index contributed by atoms with van der Waals surface area (Å²) in [7, 11) is -1.95. The molecule has 1 atom stereocenters. The average molecular weight is 373 g/mol. The van der Waals surface area contributed by atoms with Crippen molar-refractivity contribution in [2.24, 2.45) is 0 Å². The van der Waals surface area contributed by atoms with Crippen LogP contribution < -0.4 is 4.90 Å². The molecule has 0 radical (unpaired) electrons. The molecule has 2 rings (SSSR count). The molecule has 7 heteroatoms. The molecule has 140 valence electrons. The molecule has 1 heterocycles. The summed E-state index contributed by atoms with van der Waals surface area (Å²) in [6, 6.07) is 4.65. The zero-order valence-electron chi connectivity index (χ0n) is 15.4.